The molecule has 3 aromatic rings. The maximum Gasteiger partial charge on any atom is 0.271 e. The van der Waals surface area contributed by atoms with Crippen molar-refractivity contribution in [2.75, 3.05) is 18.6 Å². The number of Topliss-reactive ketones (excluding diaryl/α,β-unsaturated/α-hetero) is 1. The maximum atomic E-state index is 12.6. The number of anilines is 1. The molecule has 0 saturated carbocycles. The molecule has 0 unspecified atom stereocenters. The Morgan fingerprint density at radius 3 is 3.00 bits per heavy atom. The van der Waals surface area contributed by atoms with Gasteiger partial charge in [-0.25, -0.2) is 4.98 Å². The number of fused-ring (bicyclic) bond motifs is 2. The largest absolute Gasteiger partial charge is 0.482 e. The lowest BCUT2D eigenvalue weighted by atomic mass is 10.1. The van der Waals surface area contributed by atoms with E-state index >= 15 is 0 Å². The lowest BCUT2D eigenvalue weighted by Crippen LogP contribution is -2.35. The number of likely N-dealkylation sites (N-methyl/N-ethyl adjacent to an activating group) is 1. The Morgan fingerprint density at radius 1 is 1.32 bits per heavy atom. The maximum absolute atomic E-state index is 12.6. The predicted octanol–water partition coefficient (Wildman–Crippen LogP) is 1.70. The number of ether oxygens (including phenoxy) is 1. The van der Waals surface area contributed by atoms with Crippen molar-refractivity contribution in [3.63, 3.8) is 0 Å². The van der Waals surface area contributed by atoms with Crippen LogP contribution in [-0.2, 0) is 11.3 Å². The second kappa shape index (κ2) is 5.82. The summed E-state index contributed by atoms with van der Waals surface area (Å²) in [5, 5.41) is 1.79. The Bertz CT molecular complexity index is 1070. The van der Waals surface area contributed by atoms with E-state index in [9.17, 15) is 14.4 Å². The van der Waals surface area contributed by atoms with E-state index in [2.05, 4.69) is 4.98 Å². The molecule has 1 aliphatic rings. The second-order valence-corrected chi connectivity index (χ2v) is 6.58. The Balaban J connectivity index is 1.66. The number of carbonyl (C=O) groups is 2. The SMILES string of the molecule is CN1C(=O)COc2ccc(C(=O)Cn3cnc4ccsc4c3=O)cc21. The lowest BCUT2D eigenvalue weighted by molar-refractivity contribution is -0.120. The van der Waals surface area contributed by atoms with Crippen molar-refractivity contribution < 1.29 is 14.3 Å². The molecule has 3 heterocycles. The van der Waals surface area contributed by atoms with E-state index in [1.54, 1.807) is 36.7 Å². The molecule has 0 atom stereocenters. The van der Waals surface area contributed by atoms with Crippen LogP contribution in [-0.4, -0.2) is 34.9 Å². The fourth-order valence-electron chi connectivity index (χ4n) is 2.68. The van der Waals surface area contributed by atoms with Crippen molar-refractivity contribution in [3.05, 3.63) is 51.9 Å². The molecular weight excluding hydrogens is 342 g/mol. The molecule has 1 amide bonds. The van der Waals surface area contributed by atoms with E-state index in [4.69, 9.17) is 4.74 Å². The standard InChI is InChI=1S/C17H13N3O4S/c1-19-12-6-10(2-3-14(12)24-8-15(19)22)13(21)7-20-9-18-11-4-5-25-16(11)17(20)23/h2-6,9H,7-8H2,1H3. The van der Waals surface area contributed by atoms with E-state index < -0.39 is 0 Å². The van der Waals surface area contributed by atoms with Gasteiger partial charge < -0.3 is 9.64 Å². The fourth-order valence-corrected chi connectivity index (χ4v) is 3.48. The number of aromatic nitrogens is 2. The summed E-state index contributed by atoms with van der Waals surface area (Å²) in [5.41, 5.74) is 1.34. The highest BCUT2D eigenvalue weighted by Gasteiger charge is 2.23. The summed E-state index contributed by atoms with van der Waals surface area (Å²) in [4.78, 5) is 42.4. The summed E-state index contributed by atoms with van der Waals surface area (Å²) in [6, 6.07) is 6.67. The van der Waals surface area contributed by atoms with Crippen LogP contribution in [0.2, 0.25) is 0 Å². The normalized spacial score (nSPS) is 13.6. The van der Waals surface area contributed by atoms with Crippen LogP contribution in [0, 0.1) is 0 Å². The number of hydrogen-bond acceptors (Lipinski definition) is 6. The molecule has 0 fully saturated rings. The van der Waals surface area contributed by atoms with Crippen molar-refractivity contribution in [2.24, 2.45) is 0 Å². The highest BCUT2D eigenvalue weighted by Crippen LogP contribution is 2.32. The van der Waals surface area contributed by atoms with Crippen LogP contribution in [0.4, 0.5) is 5.69 Å². The average molecular weight is 355 g/mol. The van der Waals surface area contributed by atoms with Crippen LogP contribution in [0.1, 0.15) is 10.4 Å². The van der Waals surface area contributed by atoms with E-state index in [1.165, 1.54) is 27.1 Å². The van der Waals surface area contributed by atoms with Crippen LogP contribution in [0.15, 0.2) is 40.8 Å². The van der Waals surface area contributed by atoms with Gasteiger partial charge in [0.05, 0.1) is 24.1 Å². The van der Waals surface area contributed by atoms with Crippen molar-refractivity contribution in [3.8, 4) is 5.75 Å². The number of thiophene rings is 1. The molecule has 8 heteroatoms. The van der Waals surface area contributed by atoms with Gasteiger partial charge in [0.25, 0.3) is 11.5 Å². The summed E-state index contributed by atoms with van der Waals surface area (Å²) >= 11 is 1.30. The number of benzene rings is 1. The summed E-state index contributed by atoms with van der Waals surface area (Å²) < 4.78 is 7.18. The fraction of sp³-hybridized carbons (Fsp3) is 0.176. The number of nitrogens with zero attached hydrogens (tertiary/aromatic N) is 3. The molecule has 0 bridgehead atoms. The third kappa shape index (κ3) is 2.60. The van der Waals surface area contributed by atoms with E-state index in [0.717, 1.165) is 0 Å². The van der Waals surface area contributed by atoms with Gasteiger partial charge in [-0.1, -0.05) is 0 Å². The second-order valence-electron chi connectivity index (χ2n) is 5.66. The molecular formula is C17H13N3O4S. The van der Waals surface area contributed by atoms with Gasteiger partial charge >= 0.3 is 0 Å². The van der Waals surface area contributed by atoms with Crippen LogP contribution in [0.3, 0.4) is 0 Å². The van der Waals surface area contributed by atoms with Crippen LogP contribution < -0.4 is 15.2 Å². The zero-order valence-electron chi connectivity index (χ0n) is 13.3. The first-order valence-corrected chi connectivity index (χ1v) is 8.42. The zero-order chi connectivity index (χ0) is 17.6. The van der Waals surface area contributed by atoms with Gasteiger partial charge in [-0.2, -0.15) is 0 Å². The smallest absolute Gasteiger partial charge is 0.271 e. The highest BCUT2D eigenvalue weighted by molar-refractivity contribution is 7.17. The van der Waals surface area contributed by atoms with E-state index in [1.807, 2.05) is 0 Å². The number of hydrogen-bond donors (Lipinski definition) is 0. The van der Waals surface area contributed by atoms with Crippen molar-refractivity contribution >= 4 is 38.9 Å². The lowest BCUT2D eigenvalue weighted by Gasteiger charge is -2.26. The van der Waals surface area contributed by atoms with Gasteiger partial charge in [-0.05, 0) is 29.6 Å². The first kappa shape index (κ1) is 15.5. The number of rotatable bonds is 3. The summed E-state index contributed by atoms with van der Waals surface area (Å²) in [5.74, 6) is 0.132. The van der Waals surface area contributed by atoms with Gasteiger partial charge in [0, 0.05) is 12.6 Å². The topological polar surface area (TPSA) is 81.5 Å². The Labute approximate surface area is 146 Å². The van der Waals surface area contributed by atoms with Gasteiger partial charge in [-0.15, -0.1) is 11.3 Å². The minimum absolute atomic E-state index is 0.0152. The van der Waals surface area contributed by atoms with Crippen LogP contribution in [0.5, 0.6) is 5.75 Å². The first-order valence-electron chi connectivity index (χ1n) is 7.54. The summed E-state index contributed by atoms with van der Waals surface area (Å²) in [6.45, 7) is -0.129. The Kier molecular flexibility index (Phi) is 3.61. The first-order chi connectivity index (χ1) is 12.0. The molecule has 0 radical (unpaired) electrons. The number of amides is 1. The molecule has 25 heavy (non-hydrogen) atoms. The Hall–Kier alpha value is -3.00. The van der Waals surface area contributed by atoms with Crippen LogP contribution >= 0.6 is 11.3 Å². The molecule has 2 aromatic heterocycles. The molecule has 1 aromatic carbocycles. The van der Waals surface area contributed by atoms with E-state index in [-0.39, 0.29) is 30.4 Å². The minimum Gasteiger partial charge on any atom is -0.482 e. The average Bonchev–Trinajstić information content (AvgIpc) is 3.10. The molecule has 0 saturated heterocycles. The van der Waals surface area contributed by atoms with Crippen molar-refractivity contribution in [1.82, 2.24) is 9.55 Å². The molecule has 126 valence electrons. The molecule has 0 N–H and O–H groups in total. The van der Waals surface area contributed by atoms with Gasteiger partial charge in [0.2, 0.25) is 0 Å². The zero-order valence-corrected chi connectivity index (χ0v) is 14.1. The molecule has 0 spiro atoms. The highest BCUT2D eigenvalue weighted by atomic mass is 32.1. The third-order valence-electron chi connectivity index (χ3n) is 4.12. The van der Waals surface area contributed by atoms with Crippen LogP contribution in [0.25, 0.3) is 10.2 Å². The predicted molar refractivity (Wildman–Crippen MR) is 93.6 cm³/mol. The summed E-state index contributed by atoms with van der Waals surface area (Å²) in [7, 11) is 1.64. The Morgan fingerprint density at radius 2 is 2.16 bits per heavy atom. The molecule has 0 aliphatic carbocycles. The molecule has 1 aliphatic heterocycles. The third-order valence-corrected chi connectivity index (χ3v) is 5.01. The van der Waals surface area contributed by atoms with Crippen molar-refractivity contribution in [2.45, 2.75) is 6.54 Å². The minimum atomic E-state index is -0.242. The van der Waals surface area contributed by atoms with Gasteiger partial charge in [0.1, 0.15) is 10.4 Å². The van der Waals surface area contributed by atoms with Crippen molar-refractivity contribution in [1.29, 1.82) is 0 Å². The number of ketones is 1. The number of carbonyl (C=O) groups excluding carboxylic acids is 2. The molecule has 4 rings (SSSR count). The summed E-state index contributed by atoms with van der Waals surface area (Å²) in [6.07, 6.45) is 1.38. The monoisotopic (exact) mass is 355 g/mol. The van der Waals surface area contributed by atoms with E-state index in [0.29, 0.717) is 27.2 Å². The van der Waals surface area contributed by atoms with Gasteiger partial charge in [-0.3, -0.25) is 19.0 Å². The molecule has 7 nitrogen and oxygen atoms in total. The van der Waals surface area contributed by atoms with Gasteiger partial charge in [0.15, 0.2) is 12.4 Å². The quantitative estimate of drug-likeness (QED) is 0.668.